The van der Waals surface area contributed by atoms with Gasteiger partial charge in [-0.3, -0.25) is 9.59 Å². The lowest BCUT2D eigenvalue weighted by atomic mass is 9.98. The predicted octanol–water partition coefficient (Wildman–Crippen LogP) is 5.22. The van der Waals surface area contributed by atoms with Crippen molar-refractivity contribution < 1.29 is 23.4 Å². The van der Waals surface area contributed by atoms with E-state index in [9.17, 15) is 9.59 Å². The Hall–Kier alpha value is -3.03. The fourth-order valence-electron chi connectivity index (χ4n) is 4.27. The molecule has 4 rings (SSSR count). The number of methoxy groups -OCH3 is 2. The molecule has 3 aromatic rings. The van der Waals surface area contributed by atoms with Crippen LogP contribution in [-0.2, 0) is 4.74 Å². The Balaban J connectivity index is 1.81. The van der Waals surface area contributed by atoms with Crippen LogP contribution in [0.3, 0.4) is 0 Å². The number of halogens is 1. The van der Waals surface area contributed by atoms with Crippen molar-refractivity contribution in [2.45, 2.75) is 32.2 Å². The van der Waals surface area contributed by atoms with Crippen LogP contribution in [0.4, 0.5) is 0 Å². The third-order valence-electron chi connectivity index (χ3n) is 5.97. The van der Waals surface area contributed by atoms with E-state index in [1.165, 1.54) is 0 Å². The summed E-state index contributed by atoms with van der Waals surface area (Å²) >= 11 is 6.13. The molecule has 0 saturated carbocycles. The number of ether oxygens (including phenoxy) is 3. The van der Waals surface area contributed by atoms with Gasteiger partial charge in [0.2, 0.25) is 5.76 Å². The molecule has 0 N–H and O–H groups in total. The Labute approximate surface area is 203 Å². The SMILES string of the molecule is CCCCCOc1ccc(C2c3c(oc4ccc(Cl)cc4c3=O)C(=O)N2CCOC)cc1OC. The van der Waals surface area contributed by atoms with Crippen LogP contribution in [0.1, 0.15) is 53.9 Å². The highest BCUT2D eigenvalue weighted by Crippen LogP contribution is 2.41. The molecule has 0 spiro atoms. The quantitative estimate of drug-likeness (QED) is 0.366. The van der Waals surface area contributed by atoms with Gasteiger partial charge in [-0.05, 0) is 42.3 Å². The fraction of sp³-hybridized carbons (Fsp3) is 0.385. The molecule has 180 valence electrons. The summed E-state index contributed by atoms with van der Waals surface area (Å²) in [6, 6.07) is 9.62. The van der Waals surface area contributed by atoms with Crippen molar-refractivity contribution in [1.29, 1.82) is 0 Å². The number of unbranched alkanes of at least 4 members (excludes halogenated alkanes) is 2. The van der Waals surface area contributed by atoms with Gasteiger partial charge in [-0.2, -0.15) is 0 Å². The molecule has 1 aliphatic rings. The lowest BCUT2D eigenvalue weighted by Crippen LogP contribution is -2.32. The van der Waals surface area contributed by atoms with Crippen molar-refractivity contribution in [3.63, 3.8) is 0 Å². The molecule has 2 aromatic carbocycles. The molecule has 0 fully saturated rings. The normalized spacial score (nSPS) is 15.1. The largest absolute Gasteiger partial charge is 0.493 e. The first kappa shape index (κ1) is 24.1. The third-order valence-corrected chi connectivity index (χ3v) is 6.21. The molecule has 7 nitrogen and oxygen atoms in total. The summed E-state index contributed by atoms with van der Waals surface area (Å²) in [6.45, 7) is 3.33. The highest BCUT2D eigenvalue weighted by molar-refractivity contribution is 6.31. The van der Waals surface area contributed by atoms with Crippen molar-refractivity contribution in [1.82, 2.24) is 4.90 Å². The Morgan fingerprint density at radius 3 is 2.59 bits per heavy atom. The minimum absolute atomic E-state index is 0.0415. The van der Waals surface area contributed by atoms with Crippen LogP contribution in [0.2, 0.25) is 5.02 Å². The number of nitrogens with zero attached hydrogens (tertiary/aromatic N) is 1. The van der Waals surface area contributed by atoms with Gasteiger partial charge in [0.15, 0.2) is 16.9 Å². The molecular weight excluding hydrogens is 458 g/mol. The monoisotopic (exact) mass is 485 g/mol. The number of hydrogen-bond acceptors (Lipinski definition) is 6. The van der Waals surface area contributed by atoms with E-state index < -0.39 is 6.04 Å². The smallest absolute Gasteiger partial charge is 0.290 e. The summed E-state index contributed by atoms with van der Waals surface area (Å²) in [5.41, 5.74) is 1.04. The molecule has 1 aromatic heterocycles. The number of benzene rings is 2. The van der Waals surface area contributed by atoms with Gasteiger partial charge in [0, 0.05) is 18.7 Å². The maximum Gasteiger partial charge on any atom is 0.290 e. The van der Waals surface area contributed by atoms with E-state index in [2.05, 4.69) is 6.92 Å². The Morgan fingerprint density at radius 1 is 1.03 bits per heavy atom. The summed E-state index contributed by atoms with van der Waals surface area (Å²) < 4.78 is 22.6. The molecule has 0 aliphatic carbocycles. The van der Waals surface area contributed by atoms with E-state index in [1.54, 1.807) is 37.3 Å². The lowest BCUT2D eigenvalue weighted by molar-refractivity contribution is 0.0663. The van der Waals surface area contributed by atoms with Crippen molar-refractivity contribution in [3.8, 4) is 11.5 Å². The standard InChI is InChI=1S/C26H28ClNO6/c1-4-5-6-12-33-20-9-7-16(14-21(20)32-3)23-22-24(29)18-15-17(27)8-10-19(18)34-25(22)26(30)28(23)11-13-31-2/h7-10,14-15,23H,4-6,11-13H2,1-3H3. The molecule has 2 heterocycles. The van der Waals surface area contributed by atoms with Gasteiger partial charge in [0.1, 0.15) is 5.58 Å². The molecule has 1 atom stereocenters. The summed E-state index contributed by atoms with van der Waals surface area (Å²) in [5.74, 6) is 0.840. The van der Waals surface area contributed by atoms with E-state index in [0.29, 0.717) is 47.2 Å². The van der Waals surface area contributed by atoms with E-state index in [-0.39, 0.29) is 22.7 Å². The van der Waals surface area contributed by atoms with Crippen LogP contribution in [0.25, 0.3) is 11.0 Å². The highest BCUT2D eigenvalue weighted by Gasteiger charge is 2.42. The zero-order valence-corrected chi connectivity index (χ0v) is 20.3. The van der Waals surface area contributed by atoms with Crippen molar-refractivity contribution in [3.05, 3.63) is 68.5 Å². The van der Waals surface area contributed by atoms with Crippen LogP contribution >= 0.6 is 11.6 Å². The van der Waals surface area contributed by atoms with E-state index in [0.717, 1.165) is 24.8 Å². The van der Waals surface area contributed by atoms with E-state index >= 15 is 0 Å². The third kappa shape index (κ3) is 4.50. The van der Waals surface area contributed by atoms with E-state index in [4.69, 9.17) is 30.2 Å². The molecule has 34 heavy (non-hydrogen) atoms. The number of carbonyl (C=O) groups excluding carboxylic acids is 1. The molecule has 0 radical (unpaired) electrons. The summed E-state index contributed by atoms with van der Waals surface area (Å²) in [4.78, 5) is 28.5. The summed E-state index contributed by atoms with van der Waals surface area (Å²) in [5, 5.41) is 0.753. The highest BCUT2D eigenvalue weighted by atomic mass is 35.5. The Kier molecular flexibility index (Phi) is 7.44. The fourth-order valence-corrected chi connectivity index (χ4v) is 4.44. The lowest BCUT2D eigenvalue weighted by Gasteiger charge is -2.25. The number of hydrogen-bond donors (Lipinski definition) is 0. The summed E-state index contributed by atoms with van der Waals surface area (Å²) in [6.07, 6.45) is 3.14. The van der Waals surface area contributed by atoms with Gasteiger partial charge in [-0.1, -0.05) is 37.4 Å². The van der Waals surface area contributed by atoms with Crippen molar-refractivity contribution in [2.24, 2.45) is 0 Å². The maximum atomic E-state index is 13.6. The molecule has 1 amide bonds. The van der Waals surface area contributed by atoms with Gasteiger partial charge < -0.3 is 23.5 Å². The minimum atomic E-state index is -0.652. The number of carbonyl (C=O) groups is 1. The molecule has 1 aliphatic heterocycles. The number of fused-ring (bicyclic) bond motifs is 2. The van der Waals surface area contributed by atoms with Crippen LogP contribution in [0.5, 0.6) is 11.5 Å². The van der Waals surface area contributed by atoms with Gasteiger partial charge in [0.05, 0.1) is 37.3 Å². The van der Waals surface area contributed by atoms with Gasteiger partial charge in [-0.15, -0.1) is 0 Å². The molecular formula is C26H28ClNO6. The van der Waals surface area contributed by atoms with E-state index in [1.807, 2.05) is 18.2 Å². The van der Waals surface area contributed by atoms with Gasteiger partial charge in [-0.25, -0.2) is 0 Å². The average Bonchev–Trinajstić information content (AvgIpc) is 3.12. The first-order valence-corrected chi connectivity index (χ1v) is 11.7. The zero-order valence-electron chi connectivity index (χ0n) is 19.6. The first-order valence-electron chi connectivity index (χ1n) is 11.4. The first-order chi connectivity index (χ1) is 16.5. The van der Waals surface area contributed by atoms with Crippen LogP contribution in [0.15, 0.2) is 45.6 Å². The second-order valence-corrected chi connectivity index (χ2v) is 8.61. The molecule has 1 unspecified atom stereocenters. The second-order valence-electron chi connectivity index (χ2n) is 8.17. The summed E-state index contributed by atoms with van der Waals surface area (Å²) in [7, 11) is 3.13. The van der Waals surface area contributed by atoms with Crippen LogP contribution < -0.4 is 14.9 Å². The number of rotatable bonds is 10. The van der Waals surface area contributed by atoms with Crippen molar-refractivity contribution >= 4 is 28.5 Å². The van der Waals surface area contributed by atoms with Gasteiger partial charge >= 0.3 is 0 Å². The second kappa shape index (κ2) is 10.5. The van der Waals surface area contributed by atoms with Crippen molar-refractivity contribution in [2.75, 3.05) is 34.0 Å². The number of amides is 1. The zero-order chi connectivity index (χ0) is 24.2. The average molecular weight is 486 g/mol. The van der Waals surface area contributed by atoms with Gasteiger partial charge in [0.25, 0.3) is 5.91 Å². The topological polar surface area (TPSA) is 78.2 Å². The Morgan fingerprint density at radius 2 is 1.85 bits per heavy atom. The molecule has 8 heteroatoms. The Bertz CT molecular complexity index is 1250. The predicted molar refractivity (Wildman–Crippen MR) is 130 cm³/mol. The minimum Gasteiger partial charge on any atom is -0.493 e. The van der Waals surface area contributed by atoms with Crippen LogP contribution in [0, 0.1) is 0 Å². The van der Waals surface area contributed by atoms with Crippen LogP contribution in [-0.4, -0.2) is 44.8 Å². The maximum absolute atomic E-state index is 13.6. The molecule has 0 saturated heterocycles. The molecule has 0 bridgehead atoms.